The Morgan fingerprint density at radius 3 is 2.66 bits per heavy atom. The standard InChI is InChI=1S/C25H30O4/c1-25(2)21-13-12-19(11-9-17-7-5-4-6-8-17)28-24(21)20-15-18(16-23(26)27-3)10-14-22(20)29-25/h4-8,10,14-15,19,21,24H,9,11-13,16H2,1-3H3/t19-,21-,24+/m0/s1. The Balaban J connectivity index is 1.54. The van der Waals surface area contributed by atoms with Crippen LogP contribution in [0.1, 0.15) is 55.9 Å². The summed E-state index contributed by atoms with van der Waals surface area (Å²) in [5.74, 6) is 0.939. The number of methoxy groups -OCH3 is 1. The number of hydrogen-bond donors (Lipinski definition) is 0. The molecule has 0 amide bonds. The van der Waals surface area contributed by atoms with Gasteiger partial charge in [0, 0.05) is 11.5 Å². The maximum absolute atomic E-state index is 11.7. The van der Waals surface area contributed by atoms with Crippen LogP contribution in [0, 0.1) is 5.92 Å². The summed E-state index contributed by atoms with van der Waals surface area (Å²) in [5, 5.41) is 0. The predicted molar refractivity (Wildman–Crippen MR) is 112 cm³/mol. The van der Waals surface area contributed by atoms with E-state index in [0.717, 1.165) is 42.6 Å². The van der Waals surface area contributed by atoms with E-state index in [1.54, 1.807) is 0 Å². The number of aryl methyl sites for hydroxylation is 1. The van der Waals surface area contributed by atoms with Crippen LogP contribution in [-0.2, 0) is 27.1 Å². The third-order valence-electron chi connectivity index (χ3n) is 6.32. The summed E-state index contributed by atoms with van der Waals surface area (Å²) in [7, 11) is 1.42. The van der Waals surface area contributed by atoms with Crippen molar-refractivity contribution in [1.29, 1.82) is 0 Å². The molecule has 1 saturated heterocycles. The maximum Gasteiger partial charge on any atom is 0.309 e. The largest absolute Gasteiger partial charge is 0.487 e. The lowest BCUT2D eigenvalue weighted by molar-refractivity contribution is -0.151. The molecule has 0 N–H and O–H groups in total. The third kappa shape index (κ3) is 4.32. The average Bonchev–Trinajstić information content (AvgIpc) is 2.73. The fourth-order valence-corrected chi connectivity index (χ4v) is 4.70. The zero-order valence-electron chi connectivity index (χ0n) is 17.5. The summed E-state index contributed by atoms with van der Waals surface area (Å²) in [6, 6.07) is 16.6. The Morgan fingerprint density at radius 1 is 1.10 bits per heavy atom. The number of rotatable bonds is 5. The Labute approximate surface area is 173 Å². The summed E-state index contributed by atoms with van der Waals surface area (Å²) in [5.41, 5.74) is 3.09. The van der Waals surface area contributed by atoms with Crippen LogP contribution in [0.5, 0.6) is 5.75 Å². The highest BCUT2D eigenvalue weighted by Gasteiger charge is 2.47. The van der Waals surface area contributed by atoms with Crippen LogP contribution in [0.15, 0.2) is 48.5 Å². The van der Waals surface area contributed by atoms with Gasteiger partial charge in [-0.15, -0.1) is 0 Å². The molecule has 0 radical (unpaired) electrons. The second kappa shape index (κ2) is 8.19. The maximum atomic E-state index is 11.7. The molecule has 4 rings (SSSR count). The highest BCUT2D eigenvalue weighted by Crippen LogP contribution is 2.51. The van der Waals surface area contributed by atoms with E-state index in [-0.39, 0.29) is 30.2 Å². The van der Waals surface area contributed by atoms with Crippen LogP contribution in [0.3, 0.4) is 0 Å². The predicted octanol–water partition coefficient (Wildman–Crippen LogP) is 5.04. The first-order chi connectivity index (χ1) is 14.0. The Morgan fingerprint density at radius 2 is 1.90 bits per heavy atom. The molecule has 0 aliphatic carbocycles. The van der Waals surface area contributed by atoms with E-state index in [2.05, 4.69) is 50.2 Å². The number of fused-ring (bicyclic) bond motifs is 3. The van der Waals surface area contributed by atoms with Crippen LogP contribution < -0.4 is 4.74 Å². The zero-order valence-corrected chi connectivity index (χ0v) is 17.5. The molecule has 1 fully saturated rings. The van der Waals surface area contributed by atoms with Crippen molar-refractivity contribution in [2.24, 2.45) is 5.92 Å². The minimum absolute atomic E-state index is 0.000806. The fraction of sp³-hybridized carbons (Fsp3) is 0.480. The quantitative estimate of drug-likeness (QED) is 0.666. The third-order valence-corrected chi connectivity index (χ3v) is 6.32. The van der Waals surface area contributed by atoms with Crippen molar-refractivity contribution in [1.82, 2.24) is 0 Å². The molecule has 0 spiro atoms. The molecule has 2 heterocycles. The fourth-order valence-electron chi connectivity index (χ4n) is 4.70. The summed E-state index contributed by atoms with van der Waals surface area (Å²) < 4.78 is 17.8. The van der Waals surface area contributed by atoms with Crippen LogP contribution >= 0.6 is 0 Å². The van der Waals surface area contributed by atoms with Gasteiger partial charge in [0.1, 0.15) is 11.4 Å². The second-order valence-corrected chi connectivity index (χ2v) is 8.72. The molecule has 29 heavy (non-hydrogen) atoms. The normalized spacial score (nSPS) is 24.7. The average molecular weight is 395 g/mol. The summed E-state index contributed by atoms with van der Waals surface area (Å²) >= 11 is 0. The molecular formula is C25H30O4. The molecule has 2 aromatic rings. The van der Waals surface area contributed by atoms with Gasteiger partial charge in [0.2, 0.25) is 0 Å². The SMILES string of the molecule is COC(=O)Cc1ccc2c(c1)[C@H]1O[C@@H](CCc3ccccc3)CC[C@@H]1C(C)(C)O2. The summed E-state index contributed by atoms with van der Waals surface area (Å²) in [6.45, 7) is 4.31. The van der Waals surface area contributed by atoms with Crippen molar-refractivity contribution in [2.45, 2.75) is 63.8 Å². The monoisotopic (exact) mass is 394 g/mol. The summed E-state index contributed by atoms with van der Waals surface area (Å²) in [6.07, 6.45) is 4.69. The lowest BCUT2D eigenvalue weighted by Crippen LogP contribution is -2.48. The lowest BCUT2D eigenvalue weighted by atomic mass is 9.74. The number of carbonyl (C=O) groups excluding carboxylic acids is 1. The van der Waals surface area contributed by atoms with Gasteiger partial charge in [0.15, 0.2) is 0 Å². The van der Waals surface area contributed by atoms with Gasteiger partial charge in [0.05, 0.1) is 25.7 Å². The van der Waals surface area contributed by atoms with Crippen molar-refractivity contribution in [3.05, 3.63) is 65.2 Å². The van der Waals surface area contributed by atoms with Gasteiger partial charge in [-0.3, -0.25) is 4.79 Å². The van der Waals surface area contributed by atoms with Gasteiger partial charge >= 0.3 is 5.97 Å². The molecule has 2 aromatic carbocycles. The highest BCUT2D eigenvalue weighted by molar-refractivity contribution is 5.72. The zero-order chi connectivity index (χ0) is 20.4. The van der Waals surface area contributed by atoms with Crippen molar-refractivity contribution < 1.29 is 19.0 Å². The van der Waals surface area contributed by atoms with Crippen molar-refractivity contribution >= 4 is 5.97 Å². The minimum Gasteiger partial charge on any atom is -0.487 e. The van der Waals surface area contributed by atoms with E-state index in [1.807, 2.05) is 12.1 Å². The molecule has 3 atom stereocenters. The van der Waals surface area contributed by atoms with Crippen LogP contribution in [0.25, 0.3) is 0 Å². The molecule has 0 saturated carbocycles. The van der Waals surface area contributed by atoms with Gasteiger partial charge in [0.25, 0.3) is 0 Å². The molecule has 4 heteroatoms. The lowest BCUT2D eigenvalue weighted by Gasteiger charge is -2.49. The van der Waals surface area contributed by atoms with E-state index in [9.17, 15) is 4.79 Å². The van der Waals surface area contributed by atoms with Crippen molar-refractivity contribution in [3.63, 3.8) is 0 Å². The first kappa shape index (κ1) is 20.0. The van der Waals surface area contributed by atoms with E-state index in [0.29, 0.717) is 5.92 Å². The van der Waals surface area contributed by atoms with E-state index < -0.39 is 0 Å². The first-order valence-electron chi connectivity index (χ1n) is 10.5. The molecule has 4 nitrogen and oxygen atoms in total. The van der Waals surface area contributed by atoms with E-state index in [4.69, 9.17) is 14.2 Å². The number of ether oxygens (including phenoxy) is 3. The van der Waals surface area contributed by atoms with Gasteiger partial charge in [-0.25, -0.2) is 0 Å². The molecule has 0 bridgehead atoms. The molecule has 2 aliphatic heterocycles. The molecule has 2 aliphatic rings. The van der Waals surface area contributed by atoms with E-state index in [1.165, 1.54) is 12.7 Å². The number of carbonyl (C=O) groups is 1. The number of esters is 1. The first-order valence-corrected chi connectivity index (χ1v) is 10.5. The molecular weight excluding hydrogens is 364 g/mol. The van der Waals surface area contributed by atoms with Crippen LogP contribution in [0.4, 0.5) is 0 Å². The van der Waals surface area contributed by atoms with Crippen molar-refractivity contribution in [3.8, 4) is 5.75 Å². The Kier molecular flexibility index (Phi) is 5.64. The Bertz CT molecular complexity index is 858. The second-order valence-electron chi connectivity index (χ2n) is 8.72. The number of hydrogen-bond acceptors (Lipinski definition) is 4. The summed E-state index contributed by atoms with van der Waals surface area (Å²) in [4.78, 5) is 11.7. The molecule has 154 valence electrons. The van der Waals surface area contributed by atoms with Crippen LogP contribution in [0.2, 0.25) is 0 Å². The molecule has 0 aromatic heterocycles. The Hall–Kier alpha value is -2.33. The van der Waals surface area contributed by atoms with Gasteiger partial charge in [-0.1, -0.05) is 36.4 Å². The number of benzene rings is 2. The van der Waals surface area contributed by atoms with Gasteiger partial charge in [-0.05, 0) is 62.8 Å². The van der Waals surface area contributed by atoms with Gasteiger partial charge in [-0.2, -0.15) is 0 Å². The highest BCUT2D eigenvalue weighted by atomic mass is 16.5. The van der Waals surface area contributed by atoms with Crippen LogP contribution in [-0.4, -0.2) is 24.8 Å². The van der Waals surface area contributed by atoms with Crippen molar-refractivity contribution in [2.75, 3.05) is 7.11 Å². The molecule has 0 unspecified atom stereocenters. The topological polar surface area (TPSA) is 44.8 Å². The smallest absolute Gasteiger partial charge is 0.309 e. The van der Waals surface area contributed by atoms with E-state index >= 15 is 0 Å². The van der Waals surface area contributed by atoms with Gasteiger partial charge < -0.3 is 14.2 Å². The minimum atomic E-state index is -0.272.